The van der Waals surface area contributed by atoms with Crippen LogP contribution in [0.25, 0.3) is 22.3 Å². The lowest BCUT2D eigenvalue weighted by Crippen LogP contribution is -2.39. The van der Waals surface area contributed by atoms with Gasteiger partial charge in [0.2, 0.25) is 0 Å². The average Bonchev–Trinajstić information content (AvgIpc) is 2.78. The van der Waals surface area contributed by atoms with Crippen LogP contribution in [0.15, 0.2) is 36.4 Å². The number of hydrogen-bond acceptors (Lipinski definition) is 8. The molecule has 1 fully saturated rings. The van der Waals surface area contributed by atoms with Crippen molar-refractivity contribution in [1.82, 2.24) is 14.9 Å². The van der Waals surface area contributed by atoms with Gasteiger partial charge in [-0.2, -0.15) is 0 Å². The third kappa shape index (κ3) is 4.39. The molecule has 0 aliphatic carbocycles. The number of hydrogen-bond donors (Lipinski definition) is 2. The van der Waals surface area contributed by atoms with Crippen LogP contribution in [0.5, 0.6) is 11.5 Å². The number of fused-ring (bicyclic) bond motifs is 1. The van der Waals surface area contributed by atoms with Gasteiger partial charge in [0.05, 0.1) is 33.0 Å². The van der Waals surface area contributed by atoms with Crippen LogP contribution in [-0.4, -0.2) is 68.5 Å². The van der Waals surface area contributed by atoms with Gasteiger partial charge in [-0.3, -0.25) is 4.90 Å². The van der Waals surface area contributed by atoms with Crippen molar-refractivity contribution in [3.8, 4) is 22.9 Å². The molecule has 2 aromatic carbocycles. The van der Waals surface area contributed by atoms with Gasteiger partial charge >= 0.3 is 0 Å². The minimum absolute atomic E-state index is 0.607. The van der Waals surface area contributed by atoms with Crippen molar-refractivity contribution in [3.05, 3.63) is 36.4 Å². The molecule has 1 aliphatic rings. The first-order valence-corrected chi connectivity index (χ1v) is 10.0. The van der Waals surface area contributed by atoms with Gasteiger partial charge in [-0.25, -0.2) is 9.97 Å². The molecular weight excluding hydrogens is 382 g/mol. The third-order valence-corrected chi connectivity index (χ3v) is 5.17. The van der Waals surface area contributed by atoms with Crippen molar-refractivity contribution in [2.75, 3.05) is 64.7 Å². The van der Waals surface area contributed by atoms with Gasteiger partial charge < -0.3 is 25.3 Å². The Morgan fingerprint density at radius 1 is 1.07 bits per heavy atom. The van der Waals surface area contributed by atoms with Gasteiger partial charge in [0.15, 0.2) is 17.3 Å². The molecule has 0 radical (unpaired) electrons. The maximum atomic E-state index is 5.97. The van der Waals surface area contributed by atoms with Crippen molar-refractivity contribution in [1.29, 1.82) is 0 Å². The highest BCUT2D eigenvalue weighted by molar-refractivity contribution is 5.93. The summed E-state index contributed by atoms with van der Waals surface area (Å²) in [5, 5.41) is 4.36. The van der Waals surface area contributed by atoms with E-state index in [1.54, 1.807) is 14.2 Å². The quantitative estimate of drug-likeness (QED) is 0.575. The van der Waals surface area contributed by atoms with Gasteiger partial charge in [0, 0.05) is 48.9 Å². The summed E-state index contributed by atoms with van der Waals surface area (Å²) in [5.74, 6) is 2.63. The molecule has 0 bridgehead atoms. The molecule has 8 nitrogen and oxygen atoms in total. The van der Waals surface area contributed by atoms with Crippen LogP contribution >= 0.6 is 0 Å². The molecule has 158 valence electrons. The highest BCUT2D eigenvalue weighted by Gasteiger charge is 2.15. The monoisotopic (exact) mass is 409 g/mol. The lowest BCUT2D eigenvalue weighted by molar-refractivity contribution is 0.0398. The standard InChI is InChI=1S/C22H27N5O3/c1-28-19-13-17-18(14-20(19)29-2)25-21(15-4-3-5-16(23)12-15)26-22(17)24-6-7-27-8-10-30-11-9-27/h3-5,12-14H,6-11,23H2,1-2H3,(H,24,25,26). The molecule has 0 unspecified atom stereocenters. The van der Waals surface area contributed by atoms with E-state index in [-0.39, 0.29) is 0 Å². The fraction of sp³-hybridized carbons (Fsp3) is 0.364. The van der Waals surface area contributed by atoms with E-state index in [2.05, 4.69) is 10.2 Å². The zero-order valence-corrected chi connectivity index (χ0v) is 17.4. The molecule has 0 spiro atoms. The summed E-state index contributed by atoms with van der Waals surface area (Å²) in [6, 6.07) is 11.4. The predicted molar refractivity (Wildman–Crippen MR) is 118 cm³/mol. The first-order valence-electron chi connectivity index (χ1n) is 10.0. The SMILES string of the molecule is COc1cc2nc(-c3cccc(N)c3)nc(NCCN3CCOCC3)c2cc1OC. The van der Waals surface area contributed by atoms with E-state index in [1.165, 1.54) is 0 Å². The van der Waals surface area contributed by atoms with E-state index in [0.717, 1.165) is 61.7 Å². The molecule has 1 aliphatic heterocycles. The minimum atomic E-state index is 0.607. The fourth-order valence-electron chi connectivity index (χ4n) is 3.55. The van der Waals surface area contributed by atoms with Crippen LogP contribution in [-0.2, 0) is 4.74 Å². The van der Waals surface area contributed by atoms with Crippen LogP contribution in [0.2, 0.25) is 0 Å². The van der Waals surface area contributed by atoms with E-state index in [1.807, 2.05) is 36.4 Å². The molecule has 8 heteroatoms. The first kappa shape index (κ1) is 20.2. The number of aromatic nitrogens is 2. The van der Waals surface area contributed by atoms with Gasteiger partial charge in [-0.15, -0.1) is 0 Å². The number of benzene rings is 2. The van der Waals surface area contributed by atoms with Gasteiger partial charge in [0.1, 0.15) is 5.82 Å². The number of methoxy groups -OCH3 is 2. The van der Waals surface area contributed by atoms with Gasteiger partial charge in [-0.1, -0.05) is 12.1 Å². The van der Waals surface area contributed by atoms with E-state index < -0.39 is 0 Å². The lowest BCUT2D eigenvalue weighted by Gasteiger charge is -2.26. The van der Waals surface area contributed by atoms with Crippen molar-refractivity contribution in [3.63, 3.8) is 0 Å². The number of rotatable bonds is 7. The summed E-state index contributed by atoms with van der Waals surface area (Å²) < 4.78 is 16.4. The first-order chi connectivity index (χ1) is 14.7. The molecule has 2 heterocycles. The third-order valence-electron chi connectivity index (χ3n) is 5.17. The number of nitrogens with two attached hydrogens (primary N) is 1. The molecule has 0 saturated carbocycles. The second-order valence-electron chi connectivity index (χ2n) is 7.13. The molecule has 0 amide bonds. The maximum Gasteiger partial charge on any atom is 0.162 e. The Morgan fingerprint density at radius 3 is 2.57 bits per heavy atom. The minimum Gasteiger partial charge on any atom is -0.493 e. The normalized spacial score (nSPS) is 14.6. The van der Waals surface area contributed by atoms with Crippen LogP contribution in [0.1, 0.15) is 0 Å². The summed E-state index contributed by atoms with van der Waals surface area (Å²) in [5.41, 5.74) is 8.28. The average molecular weight is 409 g/mol. The van der Waals surface area contributed by atoms with Crippen molar-refractivity contribution < 1.29 is 14.2 Å². The molecule has 3 aromatic rings. The number of nitrogens with one attached hydrogen (secondary N) is 1. The van der Waals surface area contributed by atoms with Gasteiger partial charge in [-0.05, 0) is 18.2 Å². The fourth-order valence-corrected chi connectivity index (χ4v) is 3.55. The molecule has 1 saturated heterocycles. The summed E-state index contributed by atoms with van der Waals surface area (Å²) in [6.45, 7) is 5.14. The Hall–Kier alpha value is -3.10. The zero-order chi connectivity index (χ0) is 20.9. The van der Waals surface area contributed by atoms with E-state index in [4.69, 9.17) is 29.9 Å². The highest BCUT2D eigenvalue weighted by atomic mass is 16.5. The molecule has 1 aromatic heterocycles. The maximum absolute atomic E-state index is 5.97. The Morgan fingerprint density at radius 2 is 1.83 bits per heavy atom. The number of ether oxygens (including phenoxy) is 3. The highest BCUT2D eigenvalue weighted by Crippen LogP contribution is 2.35. The molecule has 3 N–H and O–H groups in total. The van der Waals surface area contributed by atoms with E-state index in [9.17, 15) is 0 Å². The Bertz CT molecular complexity index is 1020. The smallest absolute Gasteiger partial charge is 0.162 e. The summed E-state index contributed by atoms with van der Waals surface area (Å²) >= 11 is 0. The number of nitrogens with zero attached hydrogens (tertiary/aromatic N) is 3. The Balaban J connectivity index is 1.70. The second kappa shape index (κ2) is 9.15. The lowest BCUT2D eigenvalue weighted by atomic mass is 10.1. The van der Waals surface area contributed by atoms with Crippen LogP contribution in [0.3, 0.4) is 0 Å². The number of morpholine rings is 1. The molecular formula is C22H27N5O3. The Kier molecular flexibility index (Phi) is 6.15. The molecule has 4 rings (SSSR count). The summed E-state index contributed by atoms with van der Waals surface area (Å²) in [6.07, 6.45) is 0. The number of nitrogen functional groups attached to an aromatic ring is 1. The Labute approximate surface area is 176 Å². The van der Waals surface area contributed by atoms with Crippen molar-refractivity contribution >= 4 is 22.4 Å². The number of anilines is 2. The summed E-state index contributed by atoms with van der Waals surface area (Å²) in [7, 11) is 3.24. The van der Waals surface area contributed by atoms with Crippen LogP contribution < -0.4 is 20.5 Å². The van der Waals surface area contributed by atoms with E-state index in [0.29, 0.717) is 23.0 Å². The summed E-state index contributed by atoms with van der Waals surface area (Å²) in [4.78, 5) is 11.9. The van der Waals surface area contributed by atoms with Crippen LogP contribution in [0, 0.1) is 0 Å². The predicted octanol–water partition coefficient (Wildman–Crippen LogP) is 2.64. The molecule has 0 atom stereocenters. The molecule has 30 heavy (non-hydrogen) atoms. The van der Waals surface area contributed by atoms with E-state index >= 15 is 0 Å². The van der Waals surface area contributed by atoms with Crippen molar-refractivity contribution in [2.24, 2.45) is 0 Å². The zero-order valence-electron chi connectivity index (χ0n) is 17.4. The van der Waals surface area contributed by atoms with Crippen LogP contribution in [0.4, 0.5) is 11.5 Å². The van der Waals surface area contributed by atoms with Gasteiger partial charge in [0.25, 0.3) is 0 Å². The second-order valence-corrected chi connectivity index (χ2v) is 7.13. The van der Waals surface area contributed by atoms with Crippen molar-refractivity contribution in [2.45, 2.75) is 0 Å². The largest absolute Gasteiger partial charge is 0.493 e. The topological polar surface area (TPSA) is 94.8 Å².